The van der Waals surface area contributed by atoms with E-state index in [0.29, 0.717) is 17.7 Å². The van der Waals surface area contributed by atoms with E-state index in [0.717, 1.165) is 0 Å². The maximum atomic E-state index is 11.6. The molecule has 0 aliphatic carbocycles. The number of hydrogen-bond acceptors (Lipinski definition) is 4. The van der Waals surface area contributed by atoms with E-state index < -0.39 is 11.8 Å². The van der Waals surface area contributed by atoms with Gasteiger partial charge in [-0.05, 0) is 18.1 Å². The summed E-state index contributed by atoms with van der Waals surface area (Å²) in [5, 5.41) is 8.86. The van der Waals surface area contributed by atoms with Crippen LogP contribution < -0.4 is 9.47 Å². The van der Waals surface area contributed by atoms with Crippen LogP contribution in [0.4, 0.5) is 0 Å². The number of halogens is 1. The van der Waals surface area contributed by atoms with Gasteiger partial charge in [0.05, 0.1) is 19.8 Å². The third-order valence-electron chi connectivity index (χ3n) is 2.48. The van der Waals surface area contributed by atoms with Crippen LogP contribution in [-0.2, 0) is 11.2 Å². The lowest BCUT2D eigenvalue weighted by Crippen LogP contribution is -2.15. The van der Waals surface area contributed by atoms with Gasteiger partial charge in [0.25, 0.3) is 5.78 Å². The van der Waals surface area contributed by atoms with Crippen molar-refractivity contribution in [3.63, 3.8) is 0 Å². The Morgan fingerprint density at radius 3 is 2.22 bits per heavy atom. The Hall–Kier alpha value is -1.75. The van der Waals surface area contributed by atoms with Crippen LogP contribution in [0.3, 0.4) is 0 Å². The molecule has 6 heteroatoms. The number of aliphatic carboxylic acids is 1. The largest absolute Gasteiger partial charge is 0.495 e. The maximum absolute atomic E-state index is 11.6. The normalized spacial score (nSPS) is 10.0. The number of benzene rings is 1. The van der Waals surface area contributed by atoms with E-state index in [9.17, 15) is 9.59 Å². The molecule has 1 aromatic carbocycles. The van der Waals surface area contributed by atoms with Crippen molar-refractivity contribution in [1.82, 2.24) is 0 Å². The zero-order chi connectivity index (χ0) is 13.9. The van der Waals surface area contributed by atoms with Crippen LogP contribution in [0.25, 0.3) is 0 Å². The summed E-state index contributed by atoms with van der Waals surface area (Å²) < 4.78 is 10.1. The number of hydrogen-bond donors (Lipinski definition) is 1. The fourth-order valence-corrected chi connectivity index (χ4v) is 2.01. The molecule has 0 saturated heterocycles. The summed E-state index contributed by atoms with van der Waals surface area (Å²) in [6, 6.07) is 1.43. The van der Waals surface area contributed by atoms with Crippen molar-refractivity contribution in [2.24, 2.45) is 0 Å². The highest BCUT2D eigenvalue weighted by Crippen LogP contribution is 2.40. The summed E-state index contributed by atoms with van der Waals surface area (Å²) >= 11 is 6.05. The Morgan fingerprint density at radius 2 is 1.83 bits per heavy atom. The average molecular weight is 273 g/mol. The van der Waals surface area contributed by atoms with E-state index in [2.05, 4.69) is 0 Å². The van der Waals surface area contributed by atoms with Gasteiger partial charge in [-0.2, -0.15) is 0 Å². The molecule has 0 aliphatic rings. The van der Waals surface area contributed by atoms with Gasteiger partial charge in [0.2, 0.25) is 0 Å². The molecule has 0 heterocycles. The quantitative estimate of drug-likeness (QED) is 0.657. The Labute approximate surface area is 109 Å². The molecule has 0 atom stereocenters. The average Bonchev–Trinajstić information content (AvgIpc) is 2.36. The number of ether oxygens (including phenoxy) is 2. The molecule has 98 valence electrons. The first kappa shape index (κ1) is 14.3. The smallest absolute Gasteiger partial charge is 0.377 e. The first-order chi connectivity index (χ1) is 8.47. The van der Waals surface area contributed by atoms with E-state index in [1.807, 2.05) is 6.92 Å². The van der Waals surface area contributed by atoms with Crippen molar-refractivity contribution in [2.45, 2.75) is 13.3 Å². The van der Waals surface area contributed by atoms with Crippen molar-refractivity contribution in [1.29, 1.82) is 0 Å². The highest BCUT2D eigenvalue weighted by Gasteiger charge is 2.25. The van der Waals surface area contributed by atoms with Crippen molar-refractivity contribution < 1.29 is 24.2 Å². The van der Waals surface area contributed by atoms with Crippen molar-refractivity contribution in [3.8, 4) is 11.5 Å². The number of carboxylic acids is 1. The second-order valence-electron chi connectivity index (χ2n) is 3.45. The molecule has 5 nitrogen and oxygen atoms in total. The Bertz CT molecular complexity index is 496. The molecular formula is C12H13ClO5. The van der Waals surface area contributed by atoms with Crippen molar-refractivity contribution in [3.05, 3.63) is 22.2 Å². The molecule has 1 N–H and O–H groups in total. The minimum atomic E-state index is -1.56. The van der Waals surface area contributed by atoms with Crippen LogP contribution in [0.2, 0.25) is 5.02 Å². The van der Waals surface area contributed by atoms with Crippen LogP contribution >= 0.6 is 11.6 Å². The number of methoxy groups -OCH3 is 2. The highest BCUT2D eigenvalue weighted by atomic mass is 35.5. The van der Waals surface area contributed by atoms with E-state index in [4.69, 9.17) is 26.2 Å². The minimum absolute atomic E-state index is 0.0121. The Kier molecular flexibility index (Phi) is 4.55. The Morgan fingerprint density at radius 1 is 1.28 bits per heavy atom. The van der Waals surface area contributed by atoms with Gasteiger partial charge >= 0.3 is 5.97 Å². The van der Waals surface area contributed by atoms with Crippen molar-refractivity contribution in [2.75, 3.05) is 14.2 Å². The topological polar surface area (TPSA) is 72.8 Å². The van der Waals surface area contributed by atoms with E-state index in [1.165, 1.54) is 20.3 Å². The predicted octanol–water partition coefficient (Wildman–Crippen LogP) is 2.19. The molecule has 0 bridgehead atoms. The molecule has 0 saturated carbocycles. The van der Waals surface area contributed by atoms with Crippen LogP contribution in [-0.4, -0.2) is 31.1 Å². The summed E-state index contributed by atoms with van der Waals surface area (Å²) in [7, 11) is 2.75. The lowest BCUT2D eigenvalue weighted by atomic mass is 10.0. The van der Waals surface area contributed by atoms with Crippen LogP contribution in [0.5, 0.6) is 11.5 Å². The van der Waals surface area contributed by atoms with Gasteiger partial charge in [0, 0.05) is 0 Å². The van der Waals surface area contributed by atoms with Gasteiger partial charge in [-0.15, -0.1) is 0 Å². The second-order valence-corrected chi connectivity index (χ2v) is 3.83. The number of aryl methyl sites for hydroxylation is 1. The first-order valence-electron chi connectivity index (χ1n) is 5.18. The molecule has 0 aromatic heterocycles. The minimum Gasteiger partial charge on any atom is -0.495 e. The van der Waals surface area contributed by atoms with Crippen LogP contribution in [0, 0.1) is 0 Å². The zero-order valence-corrected chi connectivity index (χ0v) is 11.0. The molecule has 0 aliphatic heterocycles. The van der Waals surface area contributed by atoms with E-state index in [-0.39, 0.29) is 16.3 Å². The van der Waals surface area contributed by atoms with Crippen molar-refractivity contribution >= 4 is 23.4 Å². The Balaban J connectivity index is 3.57. The lowest BCUT2D eigenvalue weighted by molar-refractivity contribution is -0.131. The standard InChI is InChI=1S/C12H13ClO5/c1-4-6-5-7(9(14)12(15)16)11(18-3)8(13)10(6)17-2/h5H,4H2,1-3H3,(H,15,16). The fourth-order valence-electron chi connectivity index (χ4n) is 1.63. The highest BCUT2D eigenvalue weighted by molar-refractivity contribution is 6.42. The third-order valence-corrected chi connectivity index (χ3v) is 2.82. The number of carbonyl (C=O) groups excluding carboxylic acids is 1. The molecule has 1 rings (SSSR count). The molecule has 18 heavy (non-hydrogen) atoms. The van der Waals surface area contributed by atoms with Gasteiger partial charge < -0.3 is 14.6 Å². The molecular weight excluding hydrogens is 260 g/mol. The molecule has 1 aromatic rings. The van der Waals surface area contributed by atoms with Gasteiger partial charge in [0.1, 0.15) is 10.8 Å². The van der Waals surface area contributed by atoms with E-state index in [1.54, 1.807) is 0 Å². The third kappa shape index (κ3) is 2.41. The summed E-state index contributed by atoms with van der Waals surface area (Å²) in [6.07, 6.45) is 0.548. The number of ketones is 1. The summed E-state index contributed by atoms with van der Waals surface area (Å²) in [5.41, 5.74) is 0.570. The predicted molar refractivity (Wildman–Crippen MR) is 65.9 cm³/mol. The summed E-state index contributed by atoms with van der Waals surface area (Å²) in [6.45, 7) is 1.84. The number of carboxylic acid groups (broad SMARTS) is 1. The lowest BCUT2D eigenvalue weighted by Gasteiger charge is -2.15. The van der Waals surface area contributed by atoms with Crippen LogP contribution in [0.15, 0.2) is 6.07 Å². The SMILES string of the molecule is CCc1cc(C(=O)C(=O)O)c(OC)c(Cl)c1OC. The van der Waals surface area contributed by atoms with E-state index >= 15 is 0 Å². The molecule has 0 fully saturated rings. The van der Waals surface area contributed by atoms with Gasteiger partial charge in [-0.3, -0.25) is 4.79 Å². The van der Waals surface area contributed by atoms with Crippen LogP contribution in [0.1, 0.15) is 22.8 Å². The number of carbonyl (C=O) groups is 2. The zero-order valence-electron chi connectivity index (χ0n) is 10.2. The van der Waals surface area contributed by atoms with Gasteiger partial charge in [-0.1, -0.05) is 18.5 Å². The monoisotopic (exact) mass is 272 g/mol. The molecule has 0 spiro atoms. The van der Waals surface area contributed by atoms with Gasteiger partial charge in [0.15, 0.2) is 5.75 Å². The molecule has 0 unspecified atom stereocenters. The maximum Gasteiger partial charge on any atom is 0.377 e. The first-order valence-corrected chi connectivity index (χ1v) is 5.56. The number of Topliss-reactive ketones (excluding diaryl/α,β-unsaturated/α-hetero) is 1. The summed E-state index contributed by atoms with van der Waals surface area (Å²) in [5.74, 6) is -2.22. The second kappa shape index (κ2) is 5.73. The number of rotatable bonds is 5. The summed E-state index contributed by atoms with van der Waals surface area (Å²) in [4.78, 5) is 22.3. The molecule has 0 amide bonds. The van der Waals surface area contributed by atoms with Gasteiger partial charge in [-0.25, -0.2) is 4.79 Å². The molecule has 0 radical (unpaired) electrons. The fraction of sp³-hybridized carbons (Fsp3) is 0.333.